The Balaban J connectivity index is 1.52. The summed E-state index contributed by atoms with van der Waals surface area (Å²) in [6.07, 6.45) is 3.47. The van der Waals surface area contributed by atoms with Gasteiger partial charge in [-0.15, -0.1) is 11.8 Å². The highest BCUT2D eigenvalue weighted by atomic mass is 79.9. The van der Waals surface area contributed by atoms with Crippen LogP contribution < -0.4 is 4.90 Å². The molecule has 2 aliphatic heterocycles. The molecule has 0 aliphatic carbocycles. The molecule has 5 nitrogen and oxygen atoms in total. The van der Waals surface area contributed by atoms with Crippen molar-refractivity contribution in [3.63, 3.8) is 0 Å². The minimum atomic E-state index is -3.44. The number of benzene rings is 2. The highest BCUT2D eigenvalue weighted by molar-refractivity contribution is 9.10. The minimum absolute atomic E-state index is 0.0434. The summed E-state index contributed by atoms with van der Waals surface area (Å²) < 4.78 is 28.3. The molecule has 0 unspecified atom stereocenters. The molecule has 0 atom stereocenters. The number of hydrogen-bond donors (Lipinski definition) is 0. The van der Waals surface area contributed by atoms with Gasteiger partial charge in [0.15, 0.2) is 0 Å². The Morgan fingerprint density at radius 3 is 2.55 bits per heavy atom. The summed E-state index contributed by atoms with van der Waals surface area (Å²) in [5.74, 6) is 0.387. The fourth-order valence-electron chi connectivity index (χ4n) is 3.85. The zero-order valence-electron chi connectivity index (χ0n) is 16.0. The van der Waals surface area contributed by atoms with E-state index in [1.807, 2.05) is 24.3 Å². The fourth-order valence-corrected chi connectivity index (χ4v) is 6.86. The summed E-state index contributed by atoms with van der Waals surface area (Å²) in [6.45, 7) is 1.85. The smallest absolute Gasteiger partial charge is 0.243 e. The molecule has 1 saturated heterocycles. The van der Waals surface area contributed by atoms with E-state index in [0.717, 1.165) is 46.3 Å². The molecule has 0 saturated carbocycles. The molecule has 0 spiro atoms. The highest BCUT2D eigenvalue weighted by Gasteiger charge is 2.29. The lowest BCUT2D eigenvalue weighted by Crippen LogP contribution is -2.37. The maximum atomic E-state index is 12.9. The normalized spacial score (nSPS) is 17.3. The quantitative estimate of drug-likeness (QED) is 0.581. The second-order valence-electron chi connectivity index (χ2n) is 7.27. The first-order valence-corrected chi connectivity index (χ1v) is 13.0. The second kappa shape index (κ2) is 8.79. The van der Waals surface area contributed by atoms with Crippen molar-refractivity contribution in [2.24, 2.45) is 0 Å². The number of carbonyl (C=O) groups excluding carboxylic acids is 1. The number of amides is 1. The number of halogens is 1. The predicted octanol–water partition coefficient (Wildman–Crippen LogP) is 4.31. The van der Waals surface area contributed by atoms with Crippen LogP contribution in [0, 0.1) is 0 Å². The van der Waals surface area contributed by atoms with E-state index in [1.54, 1.807) is 27.4 Å². The van der Waals surface area contributed by atoms with Crippen LogP contribution in [0.1, 0.15) is 24.8 Å². The zero-order valence-corrected chi connectivity index (χ0v) is 19.2. The van der Waals surface area contributed by atoms with Crippen LogP contribution in [0.25, 0.3) is 0 Å². The van der Waals surface area contributed by atoms with Gasteiger partial charge in [0.25, 0.3) is 0 Å². The number of nitrogens with zero attached hydrogens (tertiary/aromatic N) is 2. The molecule has 154 valence electrons. The molecule has 2 aromatic carbocycles. The maximum Gasteiger partial charge on any atom is 0.243 e. The average Bonchev–Trinajstić information content (AvgIpc) is 3.28. The largest absolute Gasteiger partial charge is 0.311 e. The molecule has 8 heteroatoms. The molecular formula is C21H23BrN2O3S2. The minimum Gasteiger partial charge on any atom is -0.311 e. The Hall–Kier alpha value is -1.35. The lowest BCUT2D eigenvalue weighted by atomic mass is 10.0. The molecule has 0 N–H and O–H groups in total. The van der Waals surface area contributed by atoms with Crippen molar-refractivity contribution in [1.29, 1.82) is 0 Å². The van der Waals surface area contributed by atoms with E-state index in [2.05, 4.69) is 15.9 Å². The summed E-state index contributed by atoms with van der Waals surface area (Å²) in [5, 5.41) is 0. The van der Waals surface area contributed by atoms with Crippen LogP contribution in [0.2, 0.25) is 0 Å². The van der Waals surface area contributed by atoms with Crippen LogP contribution in [0.15, 0.2) is 56.7 Å². The third-order valence-electron chi connectivity index (χ3n) is 5.36. The van der Waals surface area contributed by atoms with Crippen molar-refractivity contribution in [1.82, 2.24) is 4.31 Å². The van der Waals surface area contributed by atoms with Crippen LogP contribution in [0.4, 0.5) is 5.69 Å². The van der Waals surface area contributed by atoms with Crippen molar-refractivity contribution in [3.05, 3.63) is 52.5 Å². The number of carbonyl (C=O) groups is 1. The van der Waals surface area contributed by atoms with Crippen molar-refractivity contribution in [2.45, 2.75) is 35.5 Å². The SMILES string of the molecule is O=C(CSc1ccccc1Br)N1CCCc2cc(S(=O)(=O)N3CCCC3)ccc21. The van der Waals surface area contributed by atoms with E-state index in [0.29, 0.717) is 30.3 Å². The van der Waals surface area contributed by atoms with Crippen LogP contribution in [0.5, 0.6) is 0 Å². The van der Waals surface area contributed by atoms with Crippen molar-refractivity contribution in [3.8, 4) is 0 Å². The molecule has 1 amide bonds. The maximum absolute atomic E-state index is 12.9. The van der Waals surface area contributed by atoms with E-state index in [9.17, 15) is 13.2 Å². The first-order valence-electron chi connectivity index (χ1n) is 9.77. The molecule has 2 aromatic rings. The second-order valence-corrected chi connectivity index (χ2v) is 11.1. The van der Waals surface area contributed by atoms with Gasteiger partial charge >= 0.3 is 0 Å². The number of aryl methyl sites for hydroxylation is 1. The van der Waals surface area contributed by atoms with Gasteiger partial charge in [-0.3, -0.25) is 4.79 Å². The first-order chi connectivity index (χ1) is 14.0. The topological polar surface area (TPSA) is 57.7 Å². The third kappa shape index (κ3) is 4.40. The molecule has 0 radical (unpaired) electrons. The highest BCUT2D eigenvalue weighted by Crippen LogP contribution is 2.33. The van der Waals surface area contributed by atoms with E-state index in [4.69, 9.17) is 0 Å². The molecule has 4 rings (SSSR count). The number of thioether (sulfide) groups is 1. The van der Waals surface area contributed by atoms with Crippen LogP contribution in [0.3, 0.4) is 0 Å². The van der Waals surface area contributed by atoms with E-state index >= 15 is 0 Å². The lowest BCUT2D eigenvalue weighted by Gasteiger charge is -2.30. The number of rotatable bonds is 5. The predicted molar refractivity (Wildman–Crippen MR) is 120 cm³/mol. The fraction of sp³-hybridized carbons (Fsp3) is 0.381. The zero-order chi connectivity index (χ0) is 20.4. The van der Waals surface area contributed by atoms with Gasteiger partial charge in [-0.2, -0.15) is 4.31 Å². The van der Waals surface area contributed by atoms with Crippen molar-refractivity contribution < 1.29 is 13.2 Å². The molecule has 0 aromatic heterocycles. The van der Waals surface area contributed by atoms with E-state index in [1.165, 1.54) is 11.8 Å². The van der Waals surface area contributed by atoms with Crippen LogP contribution >= 0.6 is 27.7 Å². The number of hydrogen-bond acceptors (Lipinski definition) is 4. The number of fused-ring (bicyclic) bond motifs is 1. The van der Waals surface area contributed by atoms with Gasteiger partial charge in [0, 0.05) is 34.7 Å². The van der Waals surface area contributed by atoms with Gasteiger partial charge in [-0.05, 0) is 77.5 Å². The Morgan fingerprint density at radius 2 is 1.79 bits per heavy atom. The molecule has 2 aliphatic rings. The van der Waals surface area contributed by atoms with Gasteiger partial charge in [0.05, 0.1) is 10.6 Å². The first kappa shape index (κ1) is 20.9. The molecule has 1 fully saturated rings. The van der Waals surface area contributed by atoms with Crippen molar-refractivity contribution >= 4 is 49.3 Å². The lowest BCUT2D eigenvalue weighted by molar-refractivity contribution is -0.116. The summed E-state index contributed by atoms with van der Waals surface area (Å²) in [7, 11) is -3.44. The van der Waals surface area contributed by atoms with Gasteiger partial charge in [0.2, 0.25) is 15.9 Å². The molecule has 29 heavy (non-hydrogen) atoms. The van der Waals surface area contributed by atoms with Crippen molar-refractivity contribution in [2.75, 3.05) is 30.3 Å². The van der Waals surface area contributed by atoms with Gasteiger partial charge in [0.1, 0.15) is 0 Å². The summed E-state index contributed by atoms with van der Waals surface area (Å²) in [5.41, 5.74) is 1.78. The molecular weight excluding hydrogens is 472 g/mol. The summed E-state index contributed by atoms with van der Waals surface area (Å²) in [6, 6.07) is 13.1. The van der Waals surface area contributed by atoms with Gasteiger partial charge < -0.3 is 4.90 Å². The molecule has 2 heterocycles. The summed E-state index contributed by atoms with van der Waals surface area (Å²) in [4.78, 5) is 16.1. The monoisotopic (exact) mass is 494 g/mol. The van der Waals surface area contributed by atoms with Crippen LogP contribution in [-0.4, -0.2) is 44.0 Å². The molecule has 0 bridgehead atoms. The Labute approximate surface area is 184 Å². The summed E-state index contributed by atoms with van der Waals surface area (Å²) >= 11 is 5.02. The Bertz CT molecular complexity index is 1020. The van der Waals surface area contributed by atoms with Gasteiger partial charge in [-0.25, -0.2) is 8.42 Å². The van der Waals surface area contributed by atoms with E-state index in [-0.39, 0.29) is 5.91 Å². The number of sulfonamides is 1. The Morgan fingerprint density at radius 1 is 1.03 bits per heavy atom. The van der Waals surface area contributed by atoms with Crippen LogP contribution in [-0.2, 0) is 21.2 Å². The average molecular weight is 495 g/mol. The Kier molecular flexibility index (Phi) is 6.34. The third-order valence-corrected chi connectivity index (χ3v) is 9.27. The standard InChI is InChI=1S/C21H23BrN2O3S2/c22-18-7-1-2-8-20(18)28-15-21(25)24-13-5-6-16-14-17(9-10-19(16)24)29(26,27)23-11-3-4-12-23/h1-2,7-10,14H,3-6,11-13,15H2. The van der Waals surface area contributed by atoms with E-state index < -0.39 is 10.0 Å². The van der Waals surface area contributed by atoms with Gasteiger partial charge in [-0.1, -0.05) is 12.1 Å². The number of anilines is 1.